The zero-order chi connectivity index (χ0) is 18.4. The zero-order valence-electron chi connectivity index (χ0n) is 13.4. The van der Waals surface area contributed by atoms with Crippen molar-refractivity contribution in [2.75, 3.05) is 11.9 Å². The van der Waals surface area contributed by atoms with E-state index in [0.29, 0.717) is 17.1 Å². The summed E-state index contributed by atoms with van der Waals surface area (Å²) in [5.41, 5.74) is 3.32. The number of carbonyl (C=O) groups is 1. The summed E-state index contributed by atoms with van der Waals surface area (Å²) in [6.45, 7) is 1.66. The molecule has 0 fully saturated rings. The minimum atomic E-state index is -0.533. The summed E-state index contributed by atoms with van der Waals surface area (Å²) in [5, 5.41) is 12.3. The van der Waals surface area contributed by atoms with E-state index >= 15 is 0 Å². The maximum absolute atomic E-state index is 13.6. The number of nitrogens with one attached hydrogen (secondary N) is 2. The molecular weight excluding hydrogens is 462 g/mol. The number of carbonyl (C=O) groups excluding carboxylic acids is 1. The van der Waals surface area contributed by atoms with Gasteiger partial charge in [-0.3, -0.25) is 9.63 Å². The van der Waals surface area contributed by atoms with E-state index in [1.54, 1.807) is 19.1 Å². The van der Waals surface area contributed by atoms with Crippen molar-refractivity contribution in [3.05, 3.63) is 56.4 Å². The molecule has 2 aromatic carbocycles. The second-order valence-corrected chi connectivity index (χ2v) is 6.96. The summed E-state index contributed by atoms with van der Waals surface area (Å²) in [5.74, 6) is -1.02. The van der Waals surface area contributed by atoms with Gasteiger partial charge in [0.2, 0.25) is 0 Å². The van der Waals surface area contributed by atoms with E-state index in [1.807, 2.05) is 6.07 Å². The van der Waals surface area contributed by atoms with Gasteiger partial charge in [-0.05, 0) is 72.3 Å². The molecule has 0 spiro atoms. The Balaban J connectivity index is 2.20. The van der Waals surface area contributed by atoms with Crippen LogP contribution >= 0.6 is 34.2 Å². The number of rotatable bonds is 7. The lowest BCUT2D eigenvalue weighted by Gasteiger charge is -2.15. The van der Waals surface area contributed by atoms with Gasteiger partial charge in [-0.25, -0.2) is 9.87 Å². The molecule has 134 valence electrons. The van der Waals surface area contributed by atoms with E-state index in [1.165, 1.54) is 18.2 Å². The number of halogens is 3. The maximum atomic E-state index is 13.6. The van der Waals surface area contributed by atoms with Gasteiger partial charge < -0.3 is 10.4 Å². The first-order valence-electron chi connectivity index (χ1n) is 7.49. The summed E-state index contributed by atoms with van der Waals surface area (Å²) in [7, 11) is 0. The van der Waals surface area contributed by atoms with E-state index in [2.05, 4.69) is 33.4 Å². The summed E-state index contributed by atoms with van der Waals surface area (Å²) in [6.07, 6.45) is 0.0315. The molecule has 0 bridgehead atoms. The molecule has 0 aliphatic carbocycles. The minimum absolute atomic E-state index is 0.0499. The fourth-order valence-electron chi connectivity index (χ4n) is 2.00. The first-order valence-corrected chi connectivity index (χ1v) is 8.95. The number of amides is 1. The maximum Gasteiger partial charge on any atom is 0.276 e. The predicted molar refractivity (Wildman–Crippen MR) is 104 cm³/mol. The Morgan fingerprint density at radius 1 is 1.32 bits per heavy atom. The third-order valence-corrected chi connectivity index (χ3v) is 4.30. The fourth-order valence-corrected chi connectivity index (χ4v) is 2.91. The molecule has 3 N–H and O–H groups in total. The van der Waals surface area contributed by atoms with E-state index in [9.17, 15) is 9.18 Å². The number of aliphatic hydroxyl groups excluding tert-OH is 1. The van der Waals surface area contributed by atoms with Crippen LogP contribution in [0.2, 0.25) is 5.02 Å². The van der Waals surface area contributed by atoms with Crippen molar-refractivity contribution in [3.63, 3.8) is 0 Å². The van der Waals surface area contributed by atoms with Crippen molar-refractivity contribution in [2.24, 2.45) is 0 Å². The van der Waals surface area contributed by atoms with Crippen LogP contribution in [-0.4, -0.2) is 23.7 Å². The lowest BCUT2D eigenvalue weighted by atomic mass is 10.1. The molecule has 0 saturated carbocycles. The standard InChI is InChI=1S/C17H17ClFIN2O3/c1-10(6-7-23)25-22-17(24)13-4-2-11(19)8-16(13)21-15-5-3-12(20)9-14(15)18/h2-5,8-10,21,23H,6-7H2,1H3,(H,22,24). The molecule has 0 aromatic heterocycles. The van der Waals surface area contributed by atoms with Gasteiger partial charge in [0.1, 0.15) is 5.82 Å². The Bertz CT molecular complexity index is 761. The molecule has 0 aliphatic heterocycles. The van der Waals surface area contributed by atoms with Gasteiger partial charge in [-0.1, -0.05) is 11.6 Å². The Labute approximate surface area is 163 Å². The molecule has 0 saturated heterocycles. The Morgan fingerprint density at radius 3 is 2.76 bits per heavy atom. The Morgan fingerprint density at radius 2 is 2.08 bits per heavy atom. The SMILES string of the molecule is CC(CCO)ONC(=O)c1ccc(F)cc1Nc1ccc(I)cc1Cl. The molecule has 2 aromatic rings. The van der Waals surface area contributed by atoms with Crippen LogP contribution < -0.4 is 10.8 Å². The third kappa shape index (κ3) is 5.81. The average molecular weight is 479 g/mol. The molecule has 0 aliphatic rings. The van der Waals surface area contributed by atoms with Crippen molar-refractivity contribution >= 4 is 51.5 Å². The lowest BCUT2D eigenvalue weighted by molar-refractivity contribution is -0.0167. The normalized spacial score (nSPS) is 11.9. The molecule has 1 unspecified atom stereocenters. The number of aliphatic hydroxyl groups is 1. The van der Waals surface area contributed by atoms with Gasteiger partial charge in [0, 0.05) is 10.2 Å². The monoisotopic (exact) mass is 478 g/mol. The van der Waals surface area contributed by atoms with E-state index in [-0.39, 0.29) is 24.0 Å². The van der Waals surface area contributed by atoms with Gasteiger partial charge in [0.15, 0.2) is 0 Å². The quantitative estimate of drug-likeness (QED) is 0.411. The first kappa shape index (κ1) is 19.9. The van der Waals surface area contributed by atoms with E-state index < -0.39 is 11.7 Å². The largest absolute Gasteiger partial charge is 0.396 e. The molecular formula is C17H17ClFIN2O3. The zero-order valence-corrected chi connectivity index (χ0v) is 16.3. The van der Waals surface area contributed by atoms with Crippen LogP contribution in [-0.2, 0) is 4.84 Å². The van der Waals surface area contributed by atoms with Gasteiger partial charge in [-0.15, -0.1) is 0 Å². The van der Waals surface area contributed by atoms with Crippen LogP contribution in [0.5, 0.6) is 0 Å². The fraction of sp³-hybridized carbons (Fsp3) is 0.235. The Hall–Kier alpha value is -1.42. The van der Waals surface area contributed by atoms with E-state index in [0.717, 1.165) is 3.57 Å². The van der Waals surface area contributed by atoms with Crippen LogP contribution in [0.4, 0.5) is 15.8 Å². The van der Waals surface area contributed by atoms with Crippen molar-refractivity contribution in [1.29, 1.82) is 0 Å². The average Bonchev–Trinajstić information content (AvgIpc) is 2.56. The second-order valence-electron chi connectivity index (χ2n) is 5.31. The number of hydrogen-bond acceptors (Lipinski definition) is 4. The minimum Gasteiger partial charge on any atom is -0.396 e. The molecule has 1 atom stereocenters. The van der Waals surface area contributed by atoms with Gasteiger partial charge in [0.05, 0.1) is 28.1 Å². The molecule has 0 radical (unpaired) electrons. The molecule has 25 heavy (non-hydrogen) atoms. The van der Waals surface area contributed by atoms with Crippen molar-refractivity contribution < 1.29 is 19.1 Å². The van der Waals surface area contributed by atoms with Crippen LogP contribution in [0, 0.1) is 9.39 Å². The highest BCUT2D eigenvalue weighted by atomic mass is 127. The smallest absolute Gasteiger partial charge is 0.276 e. The first-order chi connectivity index (χ1) is 11.9. The molecule has 1 amide bonds. The number of benzene rings is 2. The number of hydroxylamine groups is 1. The van der Waals surface area contributed by atoms with Crippen LogP contribution in [0.3, 0.4) is 0 Å². The molecule has 2 rings (SSSR count). The summed E-state index contributed by atoms with van der Waals surface area (Å²) in [6, 6.07) is 9.09. The Kier molecular flexibility index (Phi) is 7.42. The third-order valence-electron chi connectivity index (χ3n) is 3.32. The lowest BCUT2D eigenvalue weighted by Crippen LogP contribution is -2.29. The molecule has 5 nitrogen and oxygen atoms in total. The van der Waals surface area contributed by atoms with Gasteiger partial charge >= 0.3 is 0 Å². The van der Waals surface area contributed by atoms with Gasteiger partial charge in [-0.2, -0.15) is 0 Å². The second kappa shape index (κ2) is 9.33. The van der Waals surface area contributed by atoms with Gasteiger partial charge in [0.25, 0.3) is 5.91 Å². The predicted octanol–water partition coefficient (Wildman–Crippen LogP) is 4.26. The van der Waals surface area contributed by atoms with Crippen LogP contribution in [0.25, 0.3) is 0 Å². The highest BCUT2D eigenvalue weighted by Crippen LogP contribution is 2.29. The molecule has 0 heterocycles. The number of anilines is 2. The highest BCUT2D eigenvalue weighted by molar-refractivity contribution is 14.1. The summed E-state index contributed by atoms with van der Waals surface area (Å²) < 4.78 is 14.6. The topological polar surface area (TPSA) is 70.6 Å². The van der Waals surface area contributed by atoms with Crippen molar-refractivity contribution in [3.8, 4) is 0 Å². The van der Waals surface area contributed by atoms with Crippen molar-refractivity contribution in [1.82, 2.24) is 5.48 Å². The molecule has 8 heteroatoms. The van der Waals surface area contributed by atoms with Crippen LogP contribution in [0.15, 0.2) is 36.4 Å². The summed E-state index contributed by atoms with van der Waals surface area (Å²) in [4.78, 5) is 17.5. The van der Waals surface area contributed by atoms with Crippen molar-refractivity contribution in [2.45, 2.75) is 19.4 Å². The van der Waals surface area contributed by atoms with Crippen LogP contribution in [0.1, 0.15) is 23.7 Å². The number of hydrogen-bond donors (Lipinski definition) is 3. The van der Waals surface area contributed by atoms with E-state index in [4.69, 9.17) is 21.5 Å². The highest BCUT2D eigenvalue weighted by Gasteiger charge is 2.15. The summed E-state index contributed by atoms with van der Waals surface area (Å²) >= 11 is 8.31.